The molecule has 0 saturated heterocycles. The van der Waals surface area contributed by atoms with Gasteiger partial charge in [-0.25, -0.2) is 13.1 Å². The van der Waals surface area contributed by atoms with E-state index in [1.54, 1.807) is 12.1 Å². The molecule has 2 rings (SSSR count). The van der Waals surface area contributed by atoms with Crippen LogP contribution in [0.4, 0.5) is 0 Å². The summed E-state index contributed by atoms with van der Waals surface area (Å²) in [5.74, 6) is 0. The van der Waals surface area contributed by atoms with Crippen LogP contribution in [0.2, 0.25) is 0 Å². The Morgan fingerprint density at radius 2 is 2.06 bits per heavy atom. The number of thiophene rings is 2. The predicted octanol–water partition coefficient (Wildman–Crippen LogP) is 3.81. The van der Waals surface area contributed by atoms with Crippen LogP contribution in [0, 0.1) is 0 Å². The first-order valence-electron chi connectivity index (χ1n) is 4.45. The van der Waals surface area contributed by atoms with Crippen LogP contribution in [-0.2, 0) is 16.6 Å². The van der Waals surface area contributed by atoms with Crippen molar-refractivity contribution >= 4 is 64.6 Å². The van der Waals surface area contributed by atoms with Crippen molar-refractivity contribution in [2.75, 3.05) is 0 Å². The number of sulfonamides is 1. The van der Waals surface area contributed by atoms with Gasteiger partial charge in [0.15, 0.2) is 0 Å². The highest BCUT2D eigenvalue weighted by Crippen LogP contribution is 2.26. The van der Waals surface area contributed by atoms with Gasteiger partial charge in [-0.05, 0) is 50.1 Å². The molecule has 0 unspecified atom stereocenters. The SMILES string of the molecule is O=S(=O)(NCc1cc(Br)cs1)c1ccc(Br)s1. The molecule has 2 heterocycles. The highest BCUT2D eigenvalue weighted by atomic mass is 79.9. The van der Waals surface area contributed by atoms with Crippen LogP contribution in [0.25, 0.3) is 0 Å². The van der Waals surface area contributed by atoms with Gasteiger partial charge in [0.05, 0.1) is 3.79 Å². The Kier molecular flexibility index (Phi) is 4.43. The van der Waals surface area contributed by atoms with E-state index in [1.807, 2.05) is 11.4 Å². The molecule has 0 fully saturated rings. The van der Waals surface area contributed by atoms with E-state index in [-0.39, 0.29) is 0 Å². The van der Waals surface area contributed by atoms with E-state index in [0.29, 0.717) is 10.8 Å². The second-order valence-corrected chi connectivity index (χ2v) is 9.48. The summed E-state index contributed by atoms with van der Waals surface area (Å²) in [6.07, 6.45) is 0. The maximum absolute atomic E-state index is 11.9. The Hall–Kier alpha value is 0.270. The minimum absolute atomic E-state index is 0.314. The lowest BCUT2D eigenvalue weighted by Crippen LogP contribution is -2.21. The van der Waals surface area contributed by atoms with Crippen LogP contribution < -0.4 is 4.72 Å². The molecule has 17 heavy (non-hydrogen) atoms. The third-order valence-electron chi connectivity index (χ3n) is 1.87. The zero-order valence-corrected chi connectivity index (χ0v) is 13.9. The lowest BCUT2D eigenvalue weighted by Gasteiger charge is -2.02. The van der Waals surface area contributed by atoms with Gasteiger partial charge < -0.3 is 0 Å². The van der Waals surface area contributed by atoms with Gasteiger partial charge in [-0.2, -0.15) is 0 Å². The summed E-state index contributed by atoms with van der Waals surface area (Å²) in [6, 6.07) is 5.21. The number of hydrogen-bond acceptors (Lipinski definition) is 4. The van der Waals surface area contributed by atoms with Crippen molar-refractivity contribution in [3.05, 3.63) is 36.7 Å². The van der Waals surface area contributed by atoms with Crippen LogP contribution in [0.3, 0.4) is 0 Å². The average molecular weight is 417 g/mol. The molecule has 3 nitrogen and oxygen atoms in total. The lowest BCUT2D eigenvalue weighted by atomic mass is 10.5. The highest BCUT2D eigenvalue weighted by Gasteiger charge is 2.16. The number of nitrogens with one attached hydrogen (secondary N) is 1. The van der Waals surface area contributed by atoms with E-state index in [0.717, 1.165) is 13.1 Å². The van der Waals surface area contributed by atoms with Gasteiger partial charge in [-0.3, -0.25) is 0 Å². The topological polar surface area (TPSA) is 46.2 Å². The molecule has 0 amide bonds. The number of hydrogen-bond donors (Lipinski definition) is 1. The van der Waals surface area contributed by atoms with Crippen LogP contribution >= 0.6 is 54.5 Å². The molecule has 0 saturated carbocycles. The van der Waals surface area contributed by atoms with Crippen molar-refractivity contribution < 1.29 is 8.42 Å². The molecule has 2 aromatic heterocycles. The Morgan fingerprint density at radius 3 is 2.59 bits per heavy atom. The molecule has 2 aromatic rings. The number of halogens is 2. The van der Waals surface area contributed by atoms with Crippen molar-refractivity contribution in [1.29, 1.82) is 0 Å². The van der Waals surface area contributed by atoms with Gasteiger partial charge in [-0.1, -0.05) is 0 Å². The van der Waals surface area contributed by atoms with Crippen molar-refractivity contribution in [1.82, 2.24) is 4.72 Å². The molecule has 0 aliphatic heterocycles. The van der Waals surface area contributed by atoms with Gasteiger partial charge in [0.25, 0.3) is 0 Å². The monoisotopic (exact) mass is 415 g/mol. The summed E-state index contributed by atoms with van der Waals surface area (Å²) in [5, 5.41) is 1.92. The maximum atomic E-state index is 11.9. The second kappa shape index (κ2) is 5.50. The van der Waals surface area contributed by atoms with E-state index in [4.69, 9.17) is 0 Å². The quantitative estimate of drug-likeness (QED) is 0.823. The summed E-state index contributed by atoms with van der Waals surface area (Å²) in [6.45, 7) is 0.314. The van der Waals surface area contributed by atoms with Gasteiger partial charge in [0, 0.05) is 21.3 Å². The van der Waals surface area contributed by atoms with E-state index in [2.05, 4.69) is 36.6 Å². The maximum Gasteiger partial charge on any atom is 0.250 e. The van der Waals surface area contributed by atoms with Crippen LogP contribution in [0.1, 0.15) is 4.88 Å². The fraction of sp³-hybridized carbons (Fsp3) is 0.111. The molecule has 0 atom stereocenters. The van der Waals surface area contributed by atoms with Crippen LogP contribution in [0.5, 0.6) is 0 Å². The van der Waals surface area contributed by atoms with E-state index >= 15 is 0 Å². The Labute approximate surface area is 124 Å². The Balaban J connectivity index is 2.08. The van der Waals surface area contributed by atoms with Gasteiger partial charge in [0.2, 0.25) is 10.0 Å². The molecule has 0 spiro atoms. The molecule has 0 aliphatic carbocycles. The minimum atomic E-state index is -3.40. The zero-order valence-electron chi connectivity index (χ0n) is 8.31. The average Bonchev–Trinajstić information content (AvgIpc) is 2.85. The molecule has 0 radical (unpaired) electrons. The Bertz CT molecular complexity index is 618. The molecule has 0 bridgehead atoms. The molecule has 8 heteroatoms. The third kappa shape index (κ3) is 3.62. The molecular weight excluding hydrogens is 410 g/mol. The molecule has 0 aliphatic rings. The van der Waals surface area contributed by atoms with Crippen molar-refractivity contribution in [3.63, 3.8) is 0 Å². The van der Waals surface area contributed by atoms with Gasteiger partial charge in [0.1, 0.15) is 4.21 Å². The molecule has 1 N–H and O–H groups in total. The van der Waals surface area contributed by atoms with E-state index < -0.39 is 10.0 Å². The highest BCUT2D eigenvalue weighted by molar-refractivity contribution is 9.11. The van der Waals surface area contributed by atoms with Gasteiger partial charge in [-0.15, -0.1) is 22.7 Å². The van der Waals surface area contributed by atoms with E-state index in [9.17, 15) is 8.42 Å². The molecular formula is C9H7Br2NO2S3. The fourth-order valence-electron chi connectivity index (χ4n) is 1.13. The molecule has 0 aromatic carbocycles. The van der Waals surface area contributed by atoms with Gasteiger partial charge >= 0.3 is 0 Å². The van der Waals surface area contributed by atoms with E-state index in [1.165, 1.54) is 22.7 Å². The van der Waals surface area contributed by atoms with Crippen molar-refractivity contribution in [2.24, 2.45) is 0 Å². The van der Waals surface area contributed by atoms with Crippen LogP contribution in [-0.4, -0.2) is 8.42 Å². The summed E-state index contributed by atoms with van der Waals surface area (Å²) in [5.41, 5.74) is 0. The predicted molar refractivity (Wildman–Crippen MR) is 78.1 cm³/mol. The van der Waals surface area contributed by atoms with Crippen molar-refractivity contribution in [2.45, 2.75) is 10.8 Å². The largest absolute Gasteiger partial charge is 0.250 e. The number of rotatable bonds is 4. The summed E-state index contributed by atoms with van der Waals surface area (Å²) in [7, 11) is -3.40. The summed E-state index contributed by atoms with van der Waals surface area (Å²) in [4.78, 5) is 0.969. The fourth-order valence-corrected chi connectivity index (χ4v) is 5.67. The Morgan fingerprint density at radius 1 is 1.29 bits per heavy atom. The van der Waals surface area contributed by atoms with Crippen LogP contribution in [0.15, 0.2) is 36.0 Å². The minimum Gasteiger partial charge on any atom is -0.206 e. The normalized spacial score (nSPS) is 11.9. The first kappa shape index (κ1) is 13.7. The summed E-state index contributed by atoms with van der Waals surface area (Å²) < 4.78 is 28.5. The first-order chi connectivity index (χ1) is 7.97. The standard InChI is InChI=1S/C9H7Br2NO2S3/c10-6-3-7(15-5-6)4-12-17(13,14)9-2-1-8(11)16-9/h1-3,5,12H,4H2. The lowest BCUT2D eigenvalue weighted by molar-refractivity contribution is 0.584. The third-order valence-corrected chi connectivity index (χ3v) is 7.09. The van der Waals surface area contributed by atoms with Crippen molar-refractivity contribution in [3.8, 4) is 0 Å². The first-order valence-corrected chi connectivity index (χ1v) is 9.22. The zero-order chi connectivity index (χ0) is 12.5. The second-order valence-electron chi connectivity index (χ2n) is 3.11. The summed E-state index contributed by atoms with van der Waals surface area (Å²) >= 11 is 9.28. The molecule has 92 valence electrons. The smallest absolute Gasteiger partial charge is 0.206 e.